The number of methoxy groups -OCH3 is 1. The van der Waals surface area contributed by atoms with Crippen LogP contribution in [0.1, 0.15) is 0 Å². The third-order valence-corrected chi connectivity index (χ3v) is 3.30. The summed E-state index contributed by atoms with van der Waals surface area (Å²) in [6.07, 6.45) is 0. The van der Waals surface area contributed by atoms with E-state index in [0.717, 1.165) is 6.54 Å². The van der Waals surface area contributed by atoms with Crippen molar-refractivity contribution in [3.05, 3.63) is 0 Å². The Morgan fingerprint density at radius 1 is 1.40 bits per heavy atom. The molecule has 0 aromatic carbocycles. The van der Waals surface area contributed by atoms with Gasteiger partial charge < -0.3 is 15.4 Å². The van der Waals surface area contributed by atoms with Crippen LogP contribution in [-0.2, 0) is 14.8 Å². The van der Waals surface area contributed by atoms with Crippen LogP contribution in [0, 0.1) is 0 Å². The molecule has 0 aliphatic carbocycles. The van der Waals surface area contributed by atoms with E-state index in [1.165, 1.54) is 0 Å². The van der Waals surface area contributed by atoms with Crippen molar-refractivity contribution < 1.29 is 13.2 Å². The van der Waals surface area contributed by atoms with Gasteiger partial charge in [0.25, 0.3) is 0 Å². The summed E-state index contributed by atoms with van der Waals surface area (Å²) in [4.78, 5) is 1.99. The third-order valence-electron chi connectivity index (χ3n) is 1.88. The number of nitrogens with one attached hydrogen (secondary N) is 1. The zero-order valence-electron chi connectivity index (χ0n) is 9.40. The van der Waals surface area contributed by atoms with E-state index in [4.69, 9.17) is 10.5 Å². The summed E-state index contributed by atoms with van der Waals surface area (Å²) in [6.45, 7) is 2.64. The molecule has 0 aliphatic rings. The monoisotopic (exact) mass is 239 g/mol. The van der Waals surface area contributed by atoms with Crippen LogP contribution in [0.3, 0.4) is 0 Å². The summed E-state index contributed by atoms with van der Waals surface area (Å²) >= 11 is 0. The van der Waals surface area contributed by atoms with Gasteiger partial charge in [-0.1, -0.05) is 0 Å². The predicted molar refractivity (Wildman–Crippen MR) is 60.2 cm³/mol. The first kappa shape index (κ1) is 14.8. The van der Waals surface area contributed by atoms with Gasteiger partial charge in [-0.25, -0.2) is 13.1 Å². The van der Waals surface area contributed by atoms with E-state index >= 15 is 0 Å². The highest BCUT2D eigenvalue weighted by atomic mass is 32.2. The summed E-state index contributed by atoms with van der Waals surface area (Å²) in [5.74, 6) is -0.0191. The van der Waals surface area contributed by atoms with Crippen molar-refractivity contribution in [3.63, 3.8) is 0 Å². The maximum absolute atomic E-state index is 11.2. The Hall–Kier alpha value is -0.210. The highest BCUT2D eigenvalue weighted by Gasteiger charge is 2.07. The Balaban J connectivity index is 3.60. The molecule has 0 saturated heterocycles. The molecule has 0 fully saturated rings. The smallest absolute Gasteiger partial charge is 0.212 e. The topological polar surface area (TPSA) is 84.7 Å². The molecular weight excluding hydrogens is 218 g/mol. The number of hydrogen-bond acceptors (Lipinski definition) is 5. The lowest BCUT2D eigenvalue weighted by Crippen LogP contribution is -2.36. The SMILES string of the molecule is COCCN(C)CCNS(=O)(=O)CCN. The molecular formula is C8H21N3O3S. The van der Waals surface area contributed by atoms with Crippen LogP contribution in [0.25, 0.3) is 0 Å². The molecule has 92 valence electrons. The molecule has 0 aromatic rings. The largest absolute Gasteiger partial charge is 0.383 e. The number of nitrogens with zero attached hydrogens (tertiary/aromatic N) is 1. The second kappa shape index (κ2) is 8.00. The Morgan fingerprint density at radius 3 is 2.60 bits per heavy atom. The van der Waals surface area contributed by atoms with Gasteiger partial charge in [-0.2, -0.15) is 0 Å². The molecule has 6 nitrogen and oxygen atoms in total. The Kier molecular flexibility index (Phi) is 7.89. The minimum absolute atomic E-state index is 0.0191. The predicted octanol–water partition coefficient (Wildman–Crippen LogP) is -1.56. The van der Waals surface area contributed by atoms with E-state index in [0.29, 0.717) is 19.7 Å². The zero-order valence-corrected chi connectivity index (χ0v) is 10.2. The zero-order chi connectivity index (χ0) is 11.7. The number of sulfonamides is 1. The quantitative estimate of drug-likeness (QED) is 0.508. The summed E-state index contributed by atoms with van der Waals surface area (Å²) in [5.41, 5.74) is 5.17. The van der Waals surface area contributed by atoms with E-state index in [-0.39, 0.29) is 12.3 Å². The molecule has 0 spiro atoms. The second-order valence-corrected chi connectivity index (χ2v) is 5.22. The molecule has 0 unspecified atom stereocenters. The molecule has 0 bridgehead atoms. The van der Waals surface area contributed by atoms with E-state index < -0.39 is 10.0 Å². The van der Waals surface area contributed by atoms with Gasteiger partial charge in [-0.3, -0.25) is 0 Å². The van der Waals surface area contributed by atoms with Crippen molar-refractivity contribution in [2.75, 3.05) is 52.7 Å². The van der Waals surface area contributed by atoms with Crippen molar-refractivity contribution in [1.82, 2.24) is 9.62 Å². The summed E-state index contributed by atoms with van der Waals surface area (Å²) in [5, 5.41) is 0. The highest BCUT2D eigenvalue weighted by molar-refractivity contribution is 7.89. The van der Waals surface area contributed by atoms with Crippen molar-refractivity contribution in [3.8, 4) is 0 Å². The molecule has 0 heterocycles. The van der Waals surface area contributed by atoms with Crippen molar-refractivity contribution in [1.29, 1.82) is 0 Å². The van der Waals surface area contributed by atoms with Crippen molar-refractivity contribution in [2.45, 2.75) is 0 Å². The molecule has 3 N–H and O–H groups in total. The lowest BCUT2D eigenvalue weighted by Gasteiger charge is -2.16. The van der Waals surface area contributed by atoms with Crippen LogP contribution in [0.4, 0.5) is 0 Å². The van der Waals surface area contributed by atoms with Gasteiger partial charge in [0.05, 0.1) is 12.4 Å². The molecule has 0 amide bonds. The average Bonchev–Trinajstić information content (AvgIpc) is 2.14. The Morgan fingerprint density at radius 2 is 2.07 bits per heavy atom. The Labute approximate surface area is 91.8 Å². The van der Waals surface area contributed by atoms with E-state index in [2.05, 4.69) is 4.72 Å². The molecule has 0 aliphatic heterocycles. The minimum atomic E-state index is -3.18. The van der Waals surface area contributed by atoms with Gasteiger partial charge in [-0.05, 0) is 7.05 Å². The van der Waals surface area contributed by atoms with Crippen LogP contribution < -0.4 is 10.5 Å². The van der Waals surface area contributed by atoms with Gasteiger partial charge in [-0.15, -0.1) is 0 Å². The van der Waals surface area contributed by atoms with Crippen LogP contribution >= 0.6 is 0 Å². The first-order valence-corrected chi connectivity index (χ1v) is 6.52. The number of likely N-dealkylation sites (N-methyl/N-ethyl adjacent to an activating group) is 1. The van der Waals surface area contributed by atoms with Gasteiger partial charge in [0, 0.05) is 33.3 Å². The molecule has 0 atom stereocenters. The number of hydrogen-bond donors (Lipinski definition) is 2. The van der Waals surface area contributed by atoms with Gasteiger partial charge in [0.15, 0.2) is 0 Å². The number of rotatable bonds is 9. The number of ether oxygens (including phenoxy) is 1. The molecule has 0 aromatic heterocycles. The molecule has 15 heavy (non-hydrogen) atoms. The summed E-state index contributed by atoms with van der Waals surface area (Å²) in [7, 11) is 0.369. The molecule has 0 radical (unpaired) electrons. The Bertz CT molecular complexity index is 244. The first-order valence-electron chi connectivity index (χ1n) is 4.86. The normalized spacial score (nSPS) is 12.3. The van der Waals surface area contributed by atoms with Crippen LogP contribution in [-0.4, -0.2) is 66.0 Å². The van der Waals surface area contributed by atoms with Gasteiger partial charge in [0.2, 0.25) is 10.0 Å². The molecule has 0 rings (SSSR count). The minimum Gasteiger partial charge on any atom is -0.383 e. The second-order valence-electron chi connectivity index (χ2n) is 3.30. The van der Waals surface area contributed by atoms with Crippen LogP contribution in [0.2, 0.25) is 0 Å². The maximum atomic E-state index is 11.2. The standard InChI is InChI=1S/C8H21N3O3S/c1-11(6-7-14-2)5-4-10-15(12,13)8-3-9/h10H,3-9H2,1-2H3. The van der Waals surface area contributed by atoms with E-state index in [9.17, 15) is 8.42 Å². The van der Waals surface area contributed by atoms with Crippen molar-refractivity contribution in [2.24, 2.45) is 5.73 Å². The third kappa shape index (κ3) is 8.76. The van der Waals surface area contributed by atoms with Crippen LogP contribution in [0.15, 0.2) is 0 Å². The highest BCUT2D eigenvalue weighted by Crippen LogP contribution is 1.84. The number of nitrogens with two attached hydrogens (primary N) is 1. The lowest BCUT2D eigenvalue weighted by molar-refractivity contribution is 0.162. The van der Waals surface area contributed by atoms with Gasteiger partial charge >= 0.3 is 0 Å². The van der Waals surface area contributed by atoms with E-state index in [1.54, 1.807) is 7.11 Å². The molecule has 0 saturated carbocycles. The van der Waals surface area contributed by atoms with E-state index in [1.807, 2.05) is 11.9 Å². The molecule has 7 heteroatoms. The first-order chi connectivity index (χ1) is 7.02. The van der Waals surface area contributed by atoms with Crippen LogP contribution in [0.5, 0.6) is 0 Å². The fraction of sp³-hybridized carbons (Fsp3) is 1.00. The van der Waals surface area contributed by atoms with Crippen molar-refractivity contribution >= 4 is 10.0 Å². The average molecular weight is 239 g/mol. The lowest BCUT2D eigenvalue weighted by atomic mass is 10.5. The maximum Gasteiger partial charge on any atom is 0.212 e. The van der Waals surface area contributed by atoms with Gasteiger partial charge in [0.1, 0.15) is 0 Å². The fourth-order valence-corrected chi connectivity index (χ4v) is 1.84. The fourth-order valence-electron chi connectivity index (χ4n) is 0.978. The summed E-state index contributed by atoms with van der Waals surface area (Å²) in [6, 6.07) is 0. The summed E-state index contributed by atoms with van der Waals surface area (Å²) < 4.78 is 29.8.